The maximum absolute atomic E-state index is 11.6. The Bertz CT molecular complexity index is 574. The Balaban J connectivity index is 0.00000338. The number of hydrogen-bond donors (Lipinski definition) is 5. The molecular formula is C17H28BCl3N2O4. The van der Waals surface area contributed by atoms with Crippen molar-refractivity contribution in [1.29, 1.82) is 0 Å². The third-order valence-electron chi connectivity index (χ3n) is 5.08. The Morgan fingerprint density at radius 3 is 2.33 bits per heavy atom. The van der Waals surface area contributed by atoms with Crippen LogP contribution in [0.1, 0.15) is 37.7 Å². The van der Waals surface area contributed by atoms with Crippen molar-refractivity contribution in [2.75, 3.05) is 0 Å². The highest BCUT2D eigenvalue weighted by molar-refractivity contribution is 6.40. The van der Waals surface area contributed by atoms with E-state index in [1.165, 1.54) is 0 Å². The lowest BCUT2D eigenvalue weighted by Crippen LogP contribution is -2.61. The standard InChI is InChI=1S/C17H26BClN2O4.2ClH/c19-14-5-3-12(4-6-14)11-21-15-9-13(10-15)17(20,16(22)23)7-1-2-8-18(24)25;;/h3-6,13,15,21,24-25H,1-2,7-11,20H2,(H,22,23);2*1H. The molecule has 154 valence electrons. The first-order valence-electron chi connectivity index (χ1n) is 8.67. The fourth-order valence-electron chi connectivity index (χ4n) is 3.30. The van der Waals surface area contributed by atoms with Gasteiger partial charge in [-0.25, -0.2) is 0 Å². The largest absolute Gasteiger partial charge is 0.480 e. The average molecular weight is 442 g/mol. The molecule has 1 aliphatic rings. The second-order valence-corrected chi connectivity index (χ2v) is 7.38. The second kappa shape index (κ2) is 12.1. The molecular weight excluding hydrogens is 413 g/mol. The summed E-state index contributed by atoms with van der Waals surface area (Å²) in [6.07, 6.45) is 3.18. The fraction of sp³-hybridized carbons (Fsp3) is 0.588. The molecule has 1 atom stereocenters. The van der Waals surface area contributed by atoms with E-state index in [2.05, 4.69) is 5.32 Å². The molecule has 1 aromatic carbocycles. The zero-order chi connectivity index (χ0) is 18.4. The van der Waals surface area contributed by atoms with Crippen LogP contribution in [0.3, 0.4) is 0 Å². The molecule has 2 rings (SSSR count). The summed E-state index contributed by atoms with van der Waals surface area (Å²) >= 11 is 5.86. The van der Waals surface area contributed by atoms with Crippen LogP contribution < -0.4 is 11.1 Å². The normalized spacial score (nSPS) is 20.4. The predicted molar refractivity (Wildman–Crippen MR) is 113 cm³/mol. The number of unbranched alkanes of at least 4 members (excludes halogenated alkanes) is 1. The van der Waals surface area contributed by atoms with Gasteiger partial charge in [0.05, 0.1) is 0 Å². The van der Waals surface area contributed by atoms with Gasteiger partial charge in [0, 0.05) is 17.6 Å². The van der Waals surface area contributed by atoms with Crippen molar-refractivity contribution in [3.63, 3.8) is 0 Å². The lowest BCUT2D eigenvalue weighted by atomic mass is 9.66. The third kappa shape index (κ3) is 7.78. The molecule has 1 aliphatic carbocycles. The molecule has 27 heavy (non-hydrogen) atoms. The van der Waals surface area contributed by atoms with Crippen LogP contribution >= 0.6 is 36.4 Å². The topological polar surface area (TPSA) is 116 Å². The van der Waals surface area contributed by atoms with Gasteiger partial charge in [0.15, 0.2) is 0 Å². The van der Waals surface area contributed by atoms with Gasteiger partial charge in [-0.15, -0.1) is 24.8 Å². The zero-order valence-corrected chi connectivity index (χ0v) is 17.4. The molecule has 6 nitrogen and oxygen atoms in total. The van der Waals surface area contributed by atoms with Crippen molar-refractivity contribution >= 4 is 49.5 Å². The number of nitrogens with one attached hydrogen (secondary N) is 1. The molecule has 0 heterocycles. The number of carbonyl (C=O) groups is 1. The van der Waals surface area contributed by atoms with Crippen molar-refractivity contribution in [3.05, 3.63) is 34.9 Å². The number of nitrogens with two attached hydrogens (primary N) is 1. The molecule has 10 heteroatoms. The number of aliphatic carboxylic acids is 1. The maximum atomic E-state index is 11.6. The molecule has 6 N–H and O–H groups in total. The van der Waals surface area contributed by atoms with E-state index in [0.29, 0.717) is 30.8 Å². The van der Waals surface area contributed by atoms with Gasteiger partial charge >= 0.3 is 13.1 Å². The predicted octanol–water partition coefficient (Wildman–Crippen LogP) is 2.48. The molecule has 1 aromatic rings. The highest BCUT2D eigenvalue weighted by Crippen LogP contribution is 2.38. The van der Waals surface area contributed by atoms with Gasteiger partial charge in [-0.2, -0.15) is 0 Å². The molecule has 0 bridgehead atoms. The molecule has 1 fully saturated rings. The lowest BCUT2D eigenvalue weighted by Gasteiger charge is -2.45. The van der Waals surface area contributed by atoms with E-state index in [9.17, 15) is 9.90 Å². The Morgan fingerprint density at radius 1 is 1.22 bits per heavy atom. The van der Waals surface area contributed by atoms with Crippen LogP contribution in [0.4, 0.5) is 0 Å². The van der Waals surface area contributed by atoms with E-state index in [1.54, 1.807) is 0 Å². The van der Waals surface area contributed by atoms with Crippen molar-refractivity contribution in [2.24, 2.45) is 11.7 Å². The fourth-order valence-corrected chi connectivity index (χ4v) is 3.43. The Labute approximate surface area is 177 Å². The van der Waals surface area contributed by atoms with Crippen LogP contribution in [0.2, 0.25) is 11.3 Å². The smallest absolute Gasteiger partial charge is 0.451 e. The number of halogens is 3. The van der Waals surface area contributed by atoms with Crippen LogP contribution in [0.15, 0.2) is 24.3 Å². The first-order valence-corrected chi connectivity index (χ1v) is 9.05. The van der Waals surface area contributed by atoms with Gasteiger partial charge in [0.1, 0.15) is 5.54 Å². The summed E-state index contributed by atoms with van der Waals surface area (Å²) in [5.41, 5.74) is 6.08. The number of carboxylic acid groups (broad SMARTS) is 1. The van der Waals surface area contributed by atoms with E-state index in [0.717, 1.165) is 18.4 Å². The minimum atomic E-state index is -1.35. The van der Waals surface area contributed by atoms with Crippen LogP contribution in [0.5, 0.6) is 0 Å². The van der Waals surface area contributed by atoms with Gasteiger partial charge in [0.25, 0.3) is 0 Å². The minimum absolute atomic E-state index is 0. The summed E-state index contributed by atoms with van der Waals surface area (Å²) in [5, 5.41) is 31.4. The van der Waals surface area contributed by atoms with Gasteiger partial charge in [-0.3, -0.25) is 4.79 Å². The average Bonchev–Trinajstić information content (AvgIpc) is 2.51. The number of benzene rings is 1. The van der Waals surface area contributed by atoms with E-state index in [-0.39, 0.29) is 43.1 Å². The molecule has 0 radical (unpaired) electrons. The number of carboxylic acids is 1. The molecule has 0 aromatic heterocycles. The summed E-state index contributed by atoms with van der Waals surface area (Å²) in [6, 6.07) is 7.89. The van der Waals surface area contributed by atoms with E-state index >= 15 is 0 Å². The van der Waals surface area contributed by atoms with Gasteiger partial charge < -0.3 is 26.2 Å². The third-order valence-corrected chi connectivity index (χ3v) is 5.33. The minimum Gasteiger partial charge on any atom is -0.480 e. The maximum Gasteiger partial charge on any atom is 0.451 e. The van der Waals surface area contributed by atoms with Crippen molar-refractivity contribution < 1.29 is 19.9 Å². The van der Waals surface area contributed by atoms with Crippen molar-refractivity contribution in [3.8, 4) is 0 Å². The SMILES string of the molecule is Cl.Cl.NC(CCCCB(O)O)(C(=O)O)C1CC(NCc2ccc(Cl)cc2)C1. The first-order chi connectivity index (χ1) is 11.8. The number of hydrogen-bond acceptors (Lipinski definition) is 5. The summed E-state index contributed by atoms with van der Waals surface area (Å²) < 4.78 is 0. The van der Waals surface area contributed by atoms with Crippen molar-refractivity contribution in [1.82, 2.24) is 5.32 Å². The van der Waals surface area contributed by atoms with Gasteiger partial charge in [0.2, 0.25) is 0 Å². The van der Waals surface area contributed by atoms with Gasteiger partial charge in [-0.05, 0) is 49.2 Å². The molecule has 0 spiro atoms. The Hall–Kier alpha value is -0.535. The summed E-state index contributed by atoms with van der Waals surface area (Å²) in [5.74, 6) is -1.04. The monoisotopic (exact) mass is 440 g/mol. The van der Waals surface area contributed by atoms with E-state index in [4.69, 9.17) is 27.4 Å². The lowest BCUT2D eigenvalue weighted by molar-refractivity contribution is -0.148. The Morgan fingerprint density at radius 2 is 1.81 bits per heavy atom. The molecule has 0 saturated heterocycles. The van der Waals surface area contributed by atoms with Gasteiger partial charge in [-0.1, -0.05) is 36.6 Å². The molecule has 1 unspecified atom stereocenters. The summed E-state index contributed by atoms with van der Waals surface area (Å²) in [6.45, 7) is 0.716. The first kappa shape index (κ1) is 26.5. The van der Waals surface area contributed by atoms with Crippen LogP contribution in [-0.2, 0) is 11.3 Å². The second-order valence-electron chi connectivity index (χ2n) is 6.94. The van der Waals surface area contributed by atoms with E-state index < -0.39 is 18.6 Å². The van der Waals surface area contributed by atoms with Crippen LogP contribution in [0.25, 0.3) is 0 Å². The summed E-state index contributed by atoms with van der Waals surface area (Å²) in [7, 11) is -1.35. The molecule has 0 aliphatic heterocycles. The van der Waals surface area contributed by atoms with Crippen LogP contribution in [0, 0.1) is 5.92 Å². The molecule has 1 saturated carbocycles. The molecule has 0 amide bonds. The van der Waals surface area contributed by atoms with Crippen LogP contribution in [-0.4, -0.2) is 39.8 Å². The Kier molecular flexibility index (Phi) is 11.9. The highest BCUT2D eigenvalue weighted by atomic mass is 35.5. The zero-order valence-electron chi connectivity index (χ0n) is 15.0. The highest BCUT2D eigenvalue weighted by Gasteiger charge is 2.47. The quantitative estimate of drug-likeness (QED) is 0.281. The number of rotatable bonds is 10. The summed E-state index contributed by atoms with van der Waals surface area (Å²) in [4.78, 5) is 11.6. The van der Waals surface area contributed by atoms with Crippen molar-refractivity contribution in [2.45, 2.75) is 56.5 Å². The van der Waals surface area contributed by atoms with E-state index in [1.807, 2.05) is 24.3 Å².